The zero-order chi connectivity index (χ0) is 13.8. The molecule has 19 heavy (non-hydrogen) atoms. The fourth-order valence-corrected chi connectivity index (χ4v) is 1.92. The van der Waals surface area contributed by atoms with Gasteiger partial charge in [-0.2, -0.15) is 5.10 Å². The molecule has 1 aromatic heterocycles. The Morgan fingerprint density at radius 3 is 2.53 bits per heavy atom. The first-order valence-corrected chi connectivity index (χ1v) is 6.50. The minimum absolute atomic E-state index is 0.438. The summed E-state index contributed by atoms with van der Waals surface area (Å²) in [6.45, 7) is 3.97. The molecular formula is C14H13Cl2N3. The van der Waals surface area contributed by atoms with Crippen molar-refractivity contribution in [3.8, 4) is 0 Å². The average molecular weight is 294 g/mol. The summed E-state index contributed by atoms with van der Waals surface area (Å²) in [5, 5.41) is 5.19. The SMILES string of the molecule is C/C(=N/Nc1ncc(Cl)cc1Cl)c1ccc(C)cc1. The summed E-state index contributed by atoms with van der Waals surface area (Å²) in [7, 11) is 0. The molecule has 0 aliphatic carbocycles. The molecule has 0 amide bonds. The van der Waals surface area contributed by atoms with Crippen molar-refractivity contribution in [3.05, 3.63) is 57.7 Å². The third kappa shape index (κ3) is 3.69. The summed E-state index contributed by atoms with van der Waals surface area (Å²) >= 11 is 11.8. The Kier molecular flexibility index (Phi) is 4.40. The third-order valence-corrected chi connectivity index (χ3v) is 3.10. The summed E-state index contributed by atoms with van der Waals surface area (Å²) in [5.41, 5.74) is 5.95. The van der Waals surface area contributed by atoms with Crippen molar-refractivity contribution in [3.63, 3.8) is 0 Å². The van der Waals surface area contributed by atoms with Gasteiger partial charge in [-0.1, -0.05) is 53.0 Å². The predicted octanol–water partition coefficient (Wildman–Crippen LogP) is 4.53. The van der Waals surface area contributed by atoms with Gasteiger partial charge in [-0.15, -0.1) is 0 Å². The van der Waals surface area contributed by atoms with Gasteiger partial charge >= 0.3 is 0 Å². The smallest absolute Gasteiger partial charge is 0.165 e. The molecule has 0 atom stereocenters. The lowest BCUT2D eigenvalue weighted by atomic mass is 10.1. The topological polar surface area (TPSA) is 37.3 Å². The largest absolute Gasteiger partial charge is 0.260 e. The van der Waals surface area contributed by atoms with E-state index in [1.807, 2.05) is 38.1 Å². The number of hydrazone groups is 1. The maximum Gasteiger partial charge on any atom is 0.165 e. The van der Waals surface area contributed by atoms with Crippen LogP contribution in [0.2, 0.25) is 10.0 Å². The summed E-state index contributed by atoms with van der Waals surface area (Å²) in [6, 6.07) is 9.75. The molecule has 5 heteroatoms. The Morgan fingerprint density at radius 1 is 1.21 bits per heavy atom. The first kappa shape index (κ1) is 13.8. The summed E-state index contributed by atoms with van der Waals surface area (Å²) in [5.74, 6) is 0.484. The lowest BCUT2D eigenvalue weighted by Gasteiger charge is -2.05. The maximum atomic E-state index is 6.00. The van der Waals surface area contributed by atoms with Crippen LogP contribution < -0.4 is 5.43 Å². The molecule has 0 aliphatic heterocycles. The molecule has 0 fully saturated rings. The second kappa shape index (κ2) is 6.04. The zero-order valence-electron chi connectivity index (χ0n) is 10.6. The monoisotopic (exact) mass is 293 g/mol. The van der Waals surface area contributed by atoms with E-state index in [0.717, 1.165) is 11.3 Å². The highest BCUT2D eigenvalue weighted by Gasteiger charge is 2.02. The van der Waals surface area contributed by atoms with Crippen molar-refractivity contribution in [2.24, 2.45) is 5.10 Å². The van der Waals surface area contributed by atoms with Crippen molar-refractivity contribution >= 4 is 34.7 Å². The van der Waals surface area contributed by atoms with E-state index in [1.54, 1.807) is 6.07 Å². The Bertz CT molecular complexity index is 607. The summed E-state index contributed by atoms with van der Waals surface area (Å²) in [4.78, 5) is 4.08. The number of halogens is 2. The number of nitrogens with one attached hydrogen (secondary N) is 1. The van der Waals surface area contributed by atoms with Crippen LogP contribution in [0.25, 0.3) is 0 Å². The number of pyridine rings is 1. The lowest BCUT2D eigenvalue weighted by molar-refractivity contribution is 1.22. The molecule has 3 nitrogen and oxygen atoms in total. The van der Waals surface area contributed by atoms with Gasteiger partial charge in [0.25, 0.3) is 0 Å². The number of nitrogens with zero attached hydrogens (tertiary/aromatic N) is 2. The van der Waals surface area contributed by atoms with E-state index in [4.69, 9.17) is 23.2 Å². The van der Waals surface area contributed by atoms with E-state index in [9.17, 15) is 0 Å². The number of hydrogen-bond acceptors (Lipinski definition) is 3. The van der Waals surface area contributed by atoms with Crippen LogP contribution in [0.5, 0.6) is 0 Å². The Labute approximate surface area is 122 Å². The van der Waals surface area contributed by atoms with Gasteiger partial charge in [0.2, 0.25) is 0 Å². The molecule has 98 valence electrons. The zero-order valence-corrected chi connectivity index (χ0v) is 12.1. The van der Waals surface area contributed by atoms with Crippen molar-refractivity contribution in [1.82, 2.24) is 4.98 Å². The van der Waals surface area contributed by atoms with E-state index >= 15 is 0 Å². The van der Waals surface area contributed by atoms with Gasteiger partial charge in [0.15, 0.2) is 5.82 Å². The van der Waals surface area contributed by atoms with Gasteiger partial charge < -0.3 is 0 Å². The van der Waals surface area contributed by atoms with Gasteiger partial charge in [-0.25, -0.2) is 4.98 Å². The standard InChI is InChI=1S/C14H13Cl2N3/c1-9-3-5-11(6-4-9)10(2)18-19-14-13(16)7-12(15)8-17-14/h3-8H,1-2H3,(H,17,19)/b18-10-. The lowest BCUT2D eigenvalue weighted by Crippen LogP contribution is -2.01. The molecule has 1 heterocycles. The molecule has 2 aromatic rings. The molecule has 0 saturated carbocycles. The van der Waals surface area contributed by atoms with E-state index in [0.29, 0.717) is 15.9 Å². The van der Waals surface area contributed by atoms with E-state index in [-0.39, 0.29) is 0 Å². The van der Waals surface area contributed by atoms with Crippen LogP contribution in [0.1, 0.15) is 18.1 Å². The predicted molar refractivity (Wildman–Crippen MR) is 81.3 cm³/mol. The van der Waals surface area contributed by atoms with Crippen LogP contribution in [0.4, 0.5) is 5.82 Å². The Balaban J connectivity index is 2.15. The number of anilines is 1. The highest BCUT2D eigenvalue weighted by Crippen LogP contribution is 2.22. The molecule has 0 bridgehead atoms. The molecule has 0 spiro atoms. The molecule has 2 rings (SSSR count). The first-order valence-electron chi connectivity index (χ1n) is 5.74. The van der Waals surface area contributed by atoms with Gasteiger partial charge in [0.05, 0.1) is 15.8 Å². The van der Waals surface area contributed by atoms with Gasteiger partial charge in [-0.3, -0.25) is 5.43 Å². The van der Waals surface area contributed by atoms with Crippen molar-refractivity contribution in [2.75, 3.05) is 5.43 Å². The van der Waals surface area contributed by atoms with Crippen LogP contribution in [0.15, 0.2) is 41.6 Å². The van der Waals surface area contributed by atoms with Gasteiger partial charge in [-0.05, 0) is 25.5 Å². The van der Waals surface area contributed by atoms with Gasteiger partial charge in [0, 0.05) is 6.20 Å². The number of aryl methyl sites for hydroxylation is 1. The second-order valence-corrected chi connectivity index (χ2v) is 5.00. The quantitative estimate of drug-likeness (QED) is 0.667. The summed E-state index contributed by atoms with van der Waals surface area (Å²) in [6.07, 6.45) is 1.52. The Hall–Kier alpha value is -1.58. The number of hydrogen-bond donors (Lipinski definition) is 1. The molecule has 1 N–H and O–H groups in total. The minimum atomic E-state index is 0.438. The molecule has 0 radical (unpaired) electrons. The molecular weight excluding hydrogens is 281 g/mol. The second-order valence-electron chi connectivity index (χ2n) is 4.16. The fourth-order valence-electron chi connectivity index (χ4n) is 1.49. The minimum Gasteiger partial charge on any atom is -0.260 e. The molecule has 1 aromatic carbocycles. The van der Waals surface area contributed by atoms with Crippen LogP contribution in [-0.4, -0.2) is 10.7 Å². The average Bonchev–Trinajstić information content (AvgIpc) is 2.38. The first-order chi connectivity index (χ1) is 9.06. The molecule has 0 aliphatic rings. The number of rotatable bonds is 3. The van der Waals surface area contributed by atoms with Crippen molar-refractivity contribution in [1.29, 1.82) is 0 Å². The highest BCUT2D eigenvalue weighted by molar-refractivity contribution is 6.35. The van der Waals surface area contributed by atoms with Gasteiger partial charge in [0.1, 0.15) is 0 Å². The normalized spacial score (nSPS) is 11.5. The van der Waals surface area contributed by atoms with Crippen LogP contribution >= 0.6 is 23.2 Å². The van der Waals surface area contributed by atoms with E-state index < -0.39 is 0 Å². The van der Waals surface area contributed by atoms with Crippen LogP contribution in [-0.2, 0) is 0 Å². The summed E-state index contributed by atoms with van der Waals surface area (Å²) < 4.78 is 0. The van der Waals surface area contributed by atoms with Crippen molar-refractivity contribution in [2.45, 2.75) is 13.8 Å². The van der Waals surface area contributed by atoms with Crippen LogP contribution in [0, 0.1) is 6.92 Å². The van der Waals surface area contributed by atoms with Crippen molar-refractivity contribution < 1.29 is 0 Å². The number of benzene rings is 1. The third-order valence-electron chi connectivity index (χ3n) is 2.61. The molecule has 0 saturated heterocycles. The molecule has 0 unspecified atom stereocenters. The number of aromatic nitrogens is 1. The maximum absolute atomic E-state index is 6.00. The van der Waals surface area contributed by atoms with Crippen LogP contribution in [0.3, 0.4) is 0 Å². The Morgan fingerprint density at radius 2 is 1.89 bits per heavy atom. The fraction of sp³-hybridized carbons (Fsp3) is 0.143. The highest BCUT2D eigenvalue weighted by atomic mass is 35.5. The van der Waals surface area contributed by atoms with E-state index in [2.05, 4.69) is 15.5 Å². The van der Waals surface area contributed by atoms with E-state index in [1.165, 1.54) is 11.8 Å².